The van der Waals surface area contributed by atoms with Crippen molar-refractivity contribution >= 4 is 11.0 Å². The van der Waals surface area contributed by atoms with E-state index in [4.69, 9.17) is 13.9 Å². The fourth-order valence-corrected chi connectivity index (χ4v) is 4.44. The molecule has 32 heavy (non-hydrogen) atoms. The third-order valence-corrected chi connectivity index (χ3v) is 6.13. The van der Waals surface area contributed by atoms with E-state index in [0.717, 1.165) is 52.1 Å². The van der Waals surface area contributed by atoms with E-state index >= 15 is 0 Å². The van der Waals surface area contributed by atoms with Gasteiger partial charge in [0.25, 0.3) is 0 Å². The standard InChI is InChI=1S/C27H25NO4/c1-18-21-12-13-24-22(26(21)32-27(29)25(18)20-9-4-3-5-10-20)16-28(17-31-24)15-14-19-8-6-7-11-23(19)30-2/h3-13H,14-17H2,1-2H3. The molecule has 0 N–H and O–H groups in total. The van der Waals surface area contributed by atoms with Crippen LogP contribution in [0.4, 0.5) is 0 Å². The summed E-state index contributed by atoms with van der Waals surface area (Å²) in [5, 5.41) is 0.942. The van der Waals surface area contributed by atoms with E-state index in [-0.39, 0.29) is 5.63 Å². The largest absolute Gasteiger partial charge is 0.496 e. The van der Waals surface area contributed by atoms with Crippen molar-refractivity contribution < 1.29 is 13.9 Å². The number of nitrogens with zero attached hydrogens (tertiary/aromatic N) is 1. The number of hydrogen-bond acceptors (Lipinski definition) is 5. The van der Waals surface area contributed by atoms with Gasteiger partial charge >= 0.3 is 5.63 Å². The topological polar surface area (TPSA) is 51.9 Å². The van der Waals surface area contributed by atoms with Crippen LogP contribution in [0.25, 0.3) is 22.1 Å². The number of methoxy groups -OCH3 is 1. The summed E-state index contributed by atoms with van der Waals surface area (Å²) >= 11 is 0. The second-order valence-electron chi connectivity index (χ2n) is 8.06. The molecule has 0 spiro atoms. The Labute approximate surface area is 186 Å². The maximum Gasteiger partial charge on any atom is 0.344 e. The van der Waals surface area contributed by atoms with Crippen molar-refractivity contribution in [1.82, 2.24) is 4.90 Å². The summed E-state index contributed by atoms with van der Waals surface area (Å²) < 4.78 is 17.4. The highest BCUT2D eigenvalue weighted by atomic mass is 16.5. The molecule has 1 aromatic heterocycles. The molecule has 1 aliphatic rings. The SMILES string of the molecule is COc1ccccc1CCN1COc2ccc3c(C)c(-c4ccccc4)c(=O)oc3c2C1. The lowest BCUT2D eigenvalue weighted by atomic mass is 9.97. The summed E-state index contributed by atoms with van der Waals surface area (Å²) in [6, 6.07) is 21.7. The van der Waals surface area contributed by atoms with E-state index in [1.54, 1.807) is 7.11 Å². The minimum atomic E-state index is -0.319. The number of fused-ring (bicyclic) bond motifs is 3. The maximum absolute atomic E-state index is 13.0. The molecular weight excluding hydrogens is 402 g/mol. The second-order valence-corrected chi connectivity index (χ2v) is 8.06. The minimum Gasteiger partial charge on any atom is -0.496 e. The van der Waals surface area contributed by atoms with Crippen LogP contribution >= 0.6 is 0 Å². The molecule has 4 aromatic rings. The number of rotatable bonds is 5. The molecule has 5 nitrogen and oxygen atoms in total. The Morgan fingerprint density at radius 3 is 2.59 bits per heavy atom. The lowest BCUT2D eigenvalue weighted by molar-refractivity contribution is 0.0966. The molecule has 0 radical (unpaired) electrons. The smallest absolute Gasteiger partial charge is 0.344 e. The van der Waals surface area contributed by atoms with Crippen LogP contribution in [0.3, 0.4) is 0 Å². The predicted molar refractivity (Wildman–Crippen MR) is 125 cm³/mol. The van der Waals surface area contributed by atoms with Gasteiger partial charge in [0.15, 0.2) is 0 Å². The molecule has 3 aromatic carbocycles. The van der Waals surface area contributed by atoms with E-state index in [9.17, 15) is 4.79 Å². The van der Waals surface area contributed by atoms with Crippen LogP contribution in [0.15, 0.2) is 75.9 Å². The second kappa shape index (κ2) is 8.52. The Hall–Kier alpha value is -3.57. The Bertz CT molecular complexity index is 1330. The van der Waals surface area contributed by atoms with Crippen molar-refractivity contribution in [2.24, 2.45) is 0 Å². The average Bonchev–Trinajstić information content (AvgIpc) is 2.83. The van der Waals surface area contributed by atoms with Crippen molar-refractivity contribution in [3.05, 3.63) is 93.8 Å². The first kappa shape index (κ1) is 20.3. The summed E-state index contributed by atoms with van der Waals surface area (Å²) in [5.41, 5.74) is 4.79. The monoisotopic (exact) mass is 427 g/mol. The Kier molecular flexibility index (Phi) is 5.41. The fourth-order valence-electron chi connectivity index (χ4n) is 4.44. The molecule has 0 atom stereocenters. The molecule has 0 unspecified atom stereocenters. The van der Waals surface area contributed by atoms with Crippen LogP contribution in [0.5, 0.6) is 11.5 Å². The molecule has 162 valence electrons. The number of aryl methyl sites for hydroxylation is 1. The predicted octanol–water partition coefficient (Wildman–Crippen LogP) is 5.17. The lowest BCUT2D eigenvalue weighted by Crippen LogP contribution is -2.33. The highest BCUT2D eigenvalue weighted by molar-refractivity contribution is 5.90. The van der Waals surface area contributed by atoms with Crippen LogP contribution in [0.1, 0.15) is 16.7 Å². The summed E-state index contributed by atoms with van der Waals surface area (Å²) in [7, 11) is 1.69. The first-order chi connectivity index (χ1) is 15.7. The number of hydrogen-bond donors (Lipinski definition) is 0. The van der Waals surface area contributed by atoms with Crippen LogP contribution in [0, 0.1) is 6.92 Å². The highest BCUT2D eigenvalue weighted by Gasteiger charge is 2.23. The highest BCUT2D eigenvalue weighted by Crippen LogP contribution is 2.35. The summed E-state index contributed by atoms with van der Waals surface area (Å²) in [6.45, 7) is 3.95. The van der Waals surface area contributed by atoms with E-state index < -0.39 is 0 Å². The zero-order valence-electron chi connectivity index (χ0n) is 18.3. The maximum atomic E-state index is 13.0. The molecule has 5 rings (SSSR count). The van der Waals surface area contributed by atoms with Gasteiger partial charge in [-0.15, -0.1) is 0 Å². The van der Waals surface area contributed by atoms with Crippen molar-refractivity contribution in [2.75, 3.05) is 20.4 Å². The Morgan fingerprint density at radius 1 is 1.00 bits per heavy atom. The van der Waals surface area contributed by atoms with Gasteiger partial charge in [-0.25, -0.2) is 4.79 Å². The van der Waals surface area contributed by atoms with Gasteiger partial charge in [0.05, 0.1) is 18.2 Å². The van der Waals surface area contributed by atoms with Gasteiger partial charge in [0.2, 0.25) is 0 Å². The van der Waals surface area contributed by atoms with Crippen LogP contribution < -0.4 is 15.1 Å². The van der Waals surface area contributed by atoms with Crippen molar-refractivity contribution in [2.45, 2.75) is 19.9 Å². The van der Waals surface area contributed by atoms with Gasteiger partial charge in [-0.3, -0.25) is 4.90 Å². The molecule has 0 saturated carbocycles. The van der Waals surface area contributed by atoms with Gasteiger partial charge in [-0.2, -0.15) is 0 Å². The molecule has 0 fully saturated rings. The molecule has 1 aliphatic heterocycles. The average molecular weight is 428 g/mol. The van der Waals surface area contributed by atoms with Crippen molar-refractivity contribution in [3.63, 3.8) is 0 Å². The van der Waals surface area contributed by atoms with E-state index in [2.05, 4.69) is 11.0 Å². The van der Waals surface area contributed by atoms with E-state index in [1.807, 2.05) is 67.6 Å². The molecule has 0 bridgehead atoms. The van der Waals surface area contributed by atoms with Crippen LogP contribution in [-0.2, 0) is 13.0 Å². The first-order valence-corrected chi connectivity index (χ1v) is 10.8. The Balaban J connectivity index is 1.47. The summed E-state index contributed by atoms with van der Waals surface area (Å²) in [6.07, 6.45) is 0.842. The van der Waals surface area contributed by atoms with Crippen molar-refractivity contribution in [1.29, 1.82) is 0 Å². The van der Waals surface area contributed by atoms with E-state index in [0.29, 0.717) is 24.4 Å². The first-order valence-electron chi connectivity index (χ1n) is 10.8. The van der Waals surface area contributed by atoms with Gasteiger partial charge in [0.1, 0.15) is 23.8 Å². The lowest BCUT2D eigenvalue weighted by Gasteiger charge is -2.29. The normalized spacial score (nSPS) is 13.6. The zero-order chi connectivity index (χ0) is 22.1. The van der Waals surface area contributed by atoms with Gasteiger partial charge in [-0.1, -0.05) is 48.5 Å². The van der Waals surface area contributed by atoms with E-state index in [1.165, 1.54) is 0 Å². The molecule has 0 saturated heterocycles. The molecular formula is C27H25NO4. The zero-order valence-corrected chi connectivity index (χ0v) is 18.3. The van der Waals surface area contributed by atoms with Crippen molar-refractivity contribution in [3.8, 4) is 22.6 Å². The third kappa shape index (κ3) is 3.65. The Morgan fingerprint density at radius 2 is 1.78 bits per heavy atom. The number of benzene rings is 3. The summed E-state index contributed by atoms with van der Waals surface area (Å²) in [4.78, 5) is 15.2. The van der Waals surface area contributed by atoms with Crippen LogP contribution in [0.2, 0.25) is 0 Å². The molecule has 2 heterocycles. The quantitative estimate of drug-likeness (QED) is 0.411. The molecule has 0 amide bonds. The minimum absolute atomic E-state index is 0.319. The number of para-hydroxylation sites is 1. The molecule has 0 aliphatic carbocycles. The van der Waals surface area contributed by atoms with Crippen LogP contribution in [-0.4, -0.2) is 25.3 Å². The van der Waals surface area contributed by atoms with Gasteiger partial charge in [-0.05, 0) is 48.2 Å². The fraction of sp³-hybridized carbons (Fsp3) is 0.222. The molecule has 5 heteroatoms. The number of ether oxygens (including phenoxy) is 2. The van der Waals surface area contributed by atoms with Gasteiger partial charge in [0, 0.05) is 18.5 Å². The van der Waals surface area contributed by atoms with Gasteiger partial charge < -0.3 is 13.9 Å². The third-order valence-electron chi connectivity index (χ3n) is 6.13. The summed E-state index contributed by atoms with van der Waals surface area (Å²) in [5.74, 6) is 1.67.